The molecule has 6 heteroatoms. The molecule has 0 radical (unpaired) electrons. The zero-order valence-corrected chi connectivity index (χ0v) is 17.1. The molecule has 0 saturated carbocycles. The van der Waals surface area contributed by atoms with Crippen LogP contribution in [0.1, 0.15) is 30.3 Å². The molecule has 0 saturated heterocycles. The number of rotatable bonds is 8. The number of carbonyl (C=O) groups is 1. The number of hydrogen-bond acceptors (Lipinski definition) is 5. The van der Waals surface area contributed by atoms with Gasteiger partial charge in [-0.3, -0.25) is 4.79 Å². The minimum atomic E-state index is -0.278. The fourth-order valence-electron chi connectivity index (χ4n) is 2.84. The summed E-state index contributed by atoms with van der Waals surface area (Å²) in [4.78, 5) is 24.2. The van der Waals surface area contributed by atoms with E-state index in [9.17, 15) is 4.79 Å². The van der Waals surface area contributed by atoms with Crippen LogP contribution in [0.25, 0.3) is 11.4 Å². The van der Waals surface area contributed by atoms with Gasteiger partial charge >= 0.3 is 0 Å². The number of hydrogen-bond donors (Lipinski definition) is 1. The van der Waals surface area contributed by atoms with Gasteiger partial charge in [-0.15, -0.1) is 0 Å². The molecule has 0 aliphatic heterocycles. The number of benzene rings is 2. The standard InChI is InChI=1S/C23H26N4O2/c1-4-5-15-27(2)21-16-20(25-22(26-21)17-9-7-6-8-10-17)23(28)24-18-11-13-19(29-3)14-12-18/h6-14,16H,4-5,15H2,1-3H3,(H,24,28). The van der Waals surface area contributed by atoms with Crippen LogP contribution in [0.3, 0.4) is 0 Å². The van der Waals surface area contributed by atoms with Crippen molar-refractivity contribution < 1.29 is 9.53 Å². The molecule has 0 fully saturated rings. The second-order valence-corrected chi connectivity index (χ2v) is 6.76. The zero-order valence-electron chi connectivity index (χ0n) is 17.1. The highest BCUT2D eigenvalue weighted by Crippen LogP contribution is 2.21. The van der Waals surface area contributed by atoms with Crippen molar-refractivity contribution in [1.29, 1.82) is 0 Å². The van der Waals surface area contributed by atoms with Gasteiger partial charge in [-0.2, -0.15) is 0 Å². The Hall–Kier alpha value is -3.41. The molecule has 1 amide bonds. The van der Waals surface area contributed by atoms with Gasteiger partial charge in [-0.1, -0.05) is 43.7 Å². The van der Waals surface area contributed by atoms with Crippen LogP contribution in [0.15, 0.2) is 60.7 Å². The first-order valence-electron chi connectivity index (χ1n) is 9.71. The number of nitrogens with zero attached hydrogens (tertiary/aromatic N) is 3. The van der Waals surface area contributed by atoms with E-state index < -0.39 is 0 Å². The summed E-state index contributed by atoms with van der Waals surface area (Å²) in [6.45, 7) is 3.01. The Morgan fingerprint density at radius 1 is 1.07 bits per heavy atom. The molecule has 0 aliphatic carbocycles. The van der Waals surface area contributed by atoms with Crippen molar-refractivity contribution in [1.82, 2.24) is 9.97 Å². The first-order chi connectivity index (χ1) is 14.1. The smallest absolute Gasteiger partial charge is 0.274 e. The fourth-order valence-corrected chi connectivity index (χ4v) is 2.84. The molecule has 0 unspecified atom stereocenters. The molecule has 1 aromatic heterocycles. The van der Waals surface area contributed by atoms with Gasteiger partial charge in [0, 0.05) is 30.9 Å². The Morgan fingerprint density at radius 3 is 2.45 bits per heavy atom. The minimum absolute atomic E-state index is 0.278. The van der Waals surface area contributed by atoms with E-state index in [1.807, 2.05) is 37.4 Å². The molecule has 29 heavy (non-hydrogen) atoms. The number of ether oxygens (including phenoxy) is 1. The molecule has 0 atom stereocenters. The summed E-state index contributed by atoms with van der Waals surface area (Å²) >= 11 is 0. The average molecular weight is 390 g/mol. The Morgan fingerprint density at radius 2 is 1.79 bits per heavy atom. The number of amides is 1. The molecule has 2 aromatic carbocycles. The summed E-state index contributed by atoms with van der Waals surface area (Å²) in [6, 6.07) is 18.6. The van der Waals surface area contributed by atoms with Gasteiger partial charge in [0.2, 0.25) is 0 Å². The molecule has 0 aliphatic rings. The van der Waals surface area contributed by atoms with E-state index in [4.69, 9.17) is 4.74 Å². The highest BCUT2D eigenvalue weighted by Gasteiger charge is 2.15. The molecule has 3 rings (SSSR count). The Bertz CT molecular complexity index is 943. The third-order valence-corrected chi connectivity index (χ3v) is 4.56. The van der Waals surface area contributed by atoms with Crippen molar-refractivity contribution in [3.63, 3.8) is 0 Å². The monoisotopic (exact) mass is 390 g/mol. The lowest BCUT2D eigenvalue weighted by Crippen LogP contribution is -2.22. The number of methoxy groups -OCH3 is 1. The highest BCUT2D eigenvalue weighted by molar-refractivity contribution is 6.03. The van der Waals surface area contributed by atoms with Gasteiger partial charge in [0.05, 0.1) is 7.11 Å². The summed E-state index contributed by atoms with van der Waals surface area (Å²) in [5.41, 5.74) is 1.88. The fraction of sp³-hybridized carbons (Fsp3) is 0.261. The van der Waals surface area contributed by atoms with Crippen molar-refractivity contribution in [2.45, 2.75) is 19.8 Å². The summed E-state index contributed by atoms with van der Waals surface area (Å²) in [5.74, 6) is 1.72. The number of anilines is 2. The lowest BCUT2D eigenvalue weighted by atomic mass is 10.2. The van der Waals surface area contributed by atoms with E-state index >= 15 is 0 Å². The maximum absolute atomic E-state index is 12.9. The average Bonchev–Trinajstić information content (AvgIpc) is 2.78. The zero-order chi connectivity index (χ0) is 20.6. The summed E-state index contributed by atoms with van der Waals surface area (Å²) in [7, 11) is 3.59. The molecular weight excluding hydrogens is 364 g/mol. The van der Waals surface area contributed by atoms with Gasteiger partial charge in [-0.05, 0) is 30.7 Å². The molecule has 1 N–H and O–H groups in total. The highest BCUT2D eigenvalue weighted by atomic mass is 16.5. The number of nitrogens with one attached hydrogen (secondary N) is 1. The van der Waals surface area contributed by atoms with Crippen molar-refractivity contribution >= 4 is 17.4 Å². The molecule has 150 valence electrons. The van der Waals surface area contributed by atoms with Crippen LogP contribution in [-0.4, -0.2) is 36.6 Å². The lowest BCUT2D eigenvalue weighted by molar-refractivity contribution is 0.102. The normalized spacial score (nSPS) is 10.4. The van der Waals surface area contributed by atoms with Crippen LogP contribution in [0.2, 0.25) is 0 Å². The predicted octanol–water partition coefficient (Wildman–Crippen LogP) is 4.64. The number of carbonyl (C=O) groups excluding carboxylic acids is 1. The molecular formula is C23H26N4O2. The van der Waals surface area contributed by atoms with Crippen molar-refractivity contribution in [3.05, 3.63) is 66.4 Å². The molecule has 3 aromatic rings. The van der Waals surface area contributed by atoms with Crippen LogP contribution in [0.4, 0.5) is 11.5 Å². The second kappa shape index (κ2) is 9.68. The van der Waals surface area contributed by atoms with E-state index in [0.717, 1.165) is 36.5 Å². The number of unbranched alkanes of at least 4 members (excludes halogenated alkanes) is 1. The Kier molecular flexibility index (Phi) is 6.79. The van der Waals surface area contributed by atoms with E-state index in [1.165, 1.54) is 0 Å². The Labute approximate surface area is 171 Å². The lowest BCUT2D eigenvalue weighted by Gasteiger charge is -2.19. The minimum Gasteiger partial charge on any atom is -0.497 e. The summed E-state index contributed by atoms with van der Waals surface area (Å²) in [6.07, 6.45) is 2.14. The van der Waals surface area contributed by atoms with Crippen molar-refractivity contribution in [3.8, 4) is 17.1 Å². The Balaban J connectivity index is 1.91. The first-order valence-corrected chi connectivity index (χ1v) is 9.71. The van der Waals surface area contributed by atoms with Gasteiger partial charge < -0.3 is 15.0 Å². The van der Waals surface area contributed by atoms with Crippen LogP contribution >= 0.6 is 0 Å². The maximum atomic E-state index is 12.9. The predicted molar refractivity (Wildman–Crippen MR) is 117 cm³/mol. The summed E-state index contributed by atoms with van der Waals surface area (Å²) in [5, 5.41) is 2.89. The molecule has 1 heterocycles. The molecule has 0 spiro atoms. The maximum Gasteiger partial charge on any atom is 0.274 e. The van der Waals surface area contributed by atoms with Crippen LogP contribution in [-0.2, 0) is 0 Å². The topological polar surface area (TPSA) is 67.4 Å². The van der Waals surface area contributed by atoms with Gasteiger partial charge in [0.25, 0.3) is 5.91 Å². The van der Waals surface area contributed by atoms with Crippen LogP contribution < -0.4 is 15.0 Å². The van der Waals surface area contributed by atoms with E-state index in [0.29, 0.717) is 17.2 Å². The van der Waals surface area contributed by atoms with Crippen LogP contribution in [0, 0.1) is 0 Å². The third-order valence-electron chi connectivity index (χ3n) is 4.56. The molecule has 6 nitrogen and oxygen atoms in total. The largest absolute Gasteiger partial charge is 0.497 e. The van der Waals surface area contributed by atoms with Gasteiger partial charge in [0.15, 0.2) is 5.82 Å². The van der Waals surface area contributed by atoms with E-state index in [2.05, 4.69) is 27.1 Å². The SMILES string of the molecule is CCCCN(C)c1cc(C(=O)Nc2ccc(OC)cc2)nc(-c2ccccc2)n1. The van der Waals surface area contributed by atoms with Crippen LogP contribution in [0.5, 0.6) is 5.75 Å². The van der Waals surface area contributed by atoms with Gasteiger partial charge in [0.1, 0.15) is 17.3 Å². The number of aromatic nitrogens is 2. The molecule has 0 bridgehead atoms. The quantitative estimate of drug-likeness (QED) is 0.607. The van der Waals surface area contributed by atoms with Gasteiger partial charge in [-0.25, -0.2) is 9.97 Å². The summed E-state index contributed by atoms with van der Waals surface area (Å²) < 4.78 is 5.16. The third kappa shape index (κ3) is 5.31. The van der Waals surface area contributed by atoms with E-state index in [1.54, 1.807) is 37.4 Å². The van der Waals surface area contributed by atoms with Crippen molar-refractivity contribution in [2.24, 2.45) is 0 Å². The van der Waals surface area contributed by atoms with E-state index in [-0.39, 0.29) is 5.91 Å². The second-order valence-electron chi connectivity index (χ2n) is 6.76. The van der Waals surface area contributed by atoms with Crippen molar-refractivity contribution in [2.75, 3.05) is 30.9 Å². The first kappa shape index (κ1) is 20.3.